The van der Waals surface area contributed by atoms with Gasteiger partial charge in [-0.1, -0.05) is 37.6 Å². The van der Waals surface area contributed by atoms with Gasteiger partial charge in [0.1, 0.15) is 5.82 Å². The fourth-order valence-corrected chi connectivity index (χ4v) is 5.89. The highest BCUT2D eigenvalue weighted by molar-refractivity contribution is 7.89. The number of hydrogen-bond acceptors (Lipinski definition) is 4. The molecule has 37 heavy (non-hydrogen) atoms. The van der Waals surface area contributed by atoms with Crippen LogP contribution in [0.1, 0.15) is 46.1 Å². The van der Waals surface area contributed by atoms with Crippen LogP contribution >= 0.6 is 0 Å². The van der Waals surface area contributed by atoms with Crippen LogP contribution in [0.5, 0.6) is 0 Å². The Bertz CT molecular complexity index is 1230. The zero-order chi connectivity index (χ0) is 27.2. The van der Waals surface area contributed by atoms with Crippen molar-refractivity contribution in [3.8, 4) is 0 Å². The van der Waals surface area contributed by atoms with Crippen molar-refractivity contribution in [2.24, 2.45) is 23.7 Å². The van der Waals surface area contributed by atoms with Crippen LogP contribution in [0.15, 0.2) is 65.1 Å². The molecule has 3 atom stereocenters. The fraction of sp³-hybridized carbons (Fsp3) is 0.429. The van der Waals surface area contributed by atoms with E-state index in [9.17, 15) is 22.4 Å². The molecule has 9 heteroatoms. The maximum absolute atomic E-state index is 13.1. The van der Waals surface area contributed by atoms with Crippen molar-refractivity contribution >= 4 is 27.5 Å². The summed E-state index contributed by atoms with van der Waals surface area (Å²) in [6.07, 6.45) is 3.25. The molecule has 0 saturated carbocycles. The van der Waals surface area contributed by atoms with Crippen LogP contribution in [0.4, 0.5) is 10.1 Å². The van der Waals surface area contributed by atoms with Crippen molar-refractivity contribution in [1.82, 2.24) is 10.0 Å². The van der Waals surface area contributed by atoms with Gasteiger partial charge in [0.2, 0.25) is 21.8 Å². The average molecular weight is 530 g/mol. The van der Waals surface area contributed by atoms with E-state index in [0.717, 1.165) is 17.6 Å². The Labute approximate surface area is 219 Å². The molecule has 0 saturated heterocycles. The second kappa shape index (κ2) is 12.5. The summed E-state index contributed by atoms with van der Waals surface area (Å²) in [7, 11) is -3.72. The van der Waals surface area contributed by atoms with E-state index in [2.05, 4.69) is 35.3 Å². The van der Waals surface area contributed by atoms with E-state index in [4.69, 9.17) is 0 Å². The van der Waals surface area contributed by atoms with Crippen LogP contribution in [0.25, 0.3) is 0 Å². The molecule has 1 aliphatic carbocycles. The molecule has 0 spiro atoms. The molecule has 0 aliphatic heterocycles. The zero-order valence-electron chi connectivity index (χ0n) is 21.8. The first-order chi connectivity index (χ1) is 17.4. The van der Waals surface area contributed by atoms with E-state index in [1.165, 1.54) is 31.2 Å². The number of benzene rings is 2. The summed E-state index contributed by atoms with van der Waals surface area (Å²) < 4.78 is 41.6. The molecule has 7 nitrogen and oxygen atoms in total. The number of carbonyl (C=O) groups is 2. The lowest BCUT2D eigenvalue weighted by atomic mass is 9.70. The number of halogens is 1. The van der Waals surface area contributed by atoms with Crippen molar-refractivity contribution in [3.05, 3.63) is 71.6 Å². The standard InChI is InChI=1S/C28H36FN3O4S/c1-18(2)27-14-22(15-28(34)30-16-21-5-7-24(29)8-6-21)19(3)13-23(27)17-31-37(35,36)26-11-9-25(10-12-26)32-20(4)33/h5-13,18,22-23,27,31H,14-17H2,1-4H3,(H,30,34)(H,32,33). The quantitative estimate of drug-likeness (QED) is 0.391. The average Bonchev–Trinajstić information content (AvgIpc) is 2.83. The summed E-state index contributed by atoms with van der Waals surface area (Å²) in [5.74, 6) is 0.00303. The number of allylic oxidation sites excluding steroid dienone is 1. The Morgan fingerprint density at radius 3 is 2.30 bits per heavy atom. The fourth-order valence-electron chi connectivity index (χ4n) is 4.82. The van der Waals surface area contributed by atoms with E-state index < -0.39 is 10.0 Å². The van der Waals surface area contributed by atoms with Crippen LogP contribution < -0.4 is 15.4 Å². The van der Waals surface area contributed by atoms with E-state index in [1.807, 2.05) is 6.92 Å². The third-order valence-corrected chi connectivity index (χ3v) is 8.35. The molecule has 2 aromatic rings. The topological polar surface area (TPSA) is 104 Å². The summed E-state index contributed by atoms with van der Waals surface area (Å²) in [6.45, 7) is 8.23. The van der Waals surface area contributed by atoms with Gasteiger partial charge in [-0.05, 0) is 79.0 Å². The monoisotopic (exact) mass is 529 g/mol. The highest BCUT2D eigenvalue weighted by Crippen LogP contribution is 2.38. The van der Waals surface area contributed by atoms with Gasteiger partial charge in [0.05, 0.1) is 4.90 Å². The Morgan fingerprint density at radius 2 is 1.70 bits per heavy atom. The van der Waals surface area contributed by atoms with E-state index in [1.54, 1.807) is 24.3 Å². The minimum Gasteiger partial charge on any atom is -0.352 e. The lowest BCUT2D eigenvalue weighted by molar-refractivity contribution is -0.122. The summed E-state index contributed by atoms with van der Waals surface area (Å²) in [5, 5.41) is 5.54. The molecule has 200 valence electrons. The van der Waals surface area contributed by atoms with Gasteiger partial charge in [0.15, 0.2) is 0 Å². The molecule has 3 N–H and O–H groups in total. The third kappa shape index (κ3) is 8.23. The van der Waals surface area contributed by atoms with E-state index >= 15 is 0 Å². The van der Waals surface area contributed by atoms with Gasteiger partial charge in [-0.2, -0.15) is 0 Å². The number of carbonyl (C=O) groups excluding carboxylic acids is 2. The number of sulfonamides is 1. The highest BCUT2D eigenvalue weighted by atomic mass is 32.2. The summed E-state index contributed by atoms with van der Waals surface area (Å²) in [5.41, 5.74) is 2.45. The predicted molar refractivity (Wildman–Crippen MR) is 142 cm³/mol. The molecule has 2 aromatic carbocycles. The van der Waals surface area contributed by atoms with Crippen molar-refractivity contribution in [1.29, 1.82) is 0 Å². The number of amides is 2. The van der Waals surface area contributed by atoms with Crippen LogP contribution in [0, 0.1) is 29.5 Å². The normalized spacial score (nSPS) is 19.8. The highest BCUT2D eigenvalue weighted by Gasteiger charge is 2.33. The van der Waals surface area contributed by atoms with Gasteiger partial charge in [-0.25, -0.2) is 17.5 Å². The molecule has 0 aromatic heterocycles. The van der Waals surface area contributed by atoms with E-state index in [-0.39, 0.29) is 46.8 Å². The predicted octanol–water partition coefficient (Wildman–Crippen LogP) is 4.62. The molecular weight excluding hydrogens is 493 g/mol. The van der Waals surface area contributed by atoms with Crippen molar-refractivity contribution in [3.63, 3.8) is 0 Å². The molecule has 0 heterocycles. The maximum atomic E-state index is 13.1. The summed E-state index contributed by atoms with van der Waals surface area (Å²) in [4.78, 5) is 23.9. The second-order valence-electron chi connectivity index (χ2n) is 10.1. The molecule has 3 unspecified atom stereocenters. The van der Waals surface area contributed by atoms with Gasteiger partial charge in [0.25, 0.3) is 0 Å². The van der Waals surface area contributed by atoms with Crippen LogP contribution in [0.3, 0.4) is 0 Å². The van der Waals surface area contributed by atoms with Gasteiger partial charge in [-0.3, -0.25) is 9.59 Å². The van der Waals surface area contributed by atoms with Crippen LogP contribution in [-0.4, -0.2) is 26.8 Å². The van der Waals surface area contributed by atoms with Crippen LogP contribution in [-0.2, 0) is 26.2 Å². The Morgan fingerprint density at radius 1 is 1.05 bits per heavy atom. The van der Waals surface area contributed by atoms with Crippen molar-refractivity contribution < 1.29 is 22.4 Å². The molecule has 0 bridgehead atoms. The number of anilines is 1. The molecule has 0 radical (unpaired) electrons. The molecule has 3 rings (SSSR count). The first kappa shape index (κ1) is 28.5. The molecule has 2 amide bonds. The van der Waals surface area contributed by atoms with Gasteiger partial charge < -0.3 is 10.6 Å². The third-order valence-electron chi connectivity index (χ3n) is 6.91. The Kier molecular flexibility index (Phi) is 9.62. The largest absolute Gasteiger partial charge is 0.352 e. The number of rotatable bonds is 10. The van der Waals surface area contributed by atoms with Gasteiger partial charge in [-0.15, -0.1) is 0 Å². The maximum Gasteiger partial charge on any atom is 0.240 e. The first-order valence-corrected chi connectivity index (χ1v) is 14.0. The second-order valence-corrected chi connectivity index (χ2v) is 11.8. The first-order valence-electron chi connectivity index (χ1n) is 12.5. The Hall–Kier alpha value is -3.04. The minimum absolute atomic E-state index is 0.00644. The van der Waals surface area contributed by atoms with Gasteiger partial charge >= 0.3 is 0 Å². The number of hydrogen-bond donors (Lipinski definition) is 3. The van der Waals surface area contributed by atoms with Crippen LogP contribution in [0.2, 0.25) is 0 Å². The molecule has 1 aliphatic rings. The zero-order valence-corrected chi connectivity index (χ0v) is 22.6. The molecule has 0 fully saturated rings. The lowest BCUT2D eigenvalue weighted by Gasteiger charge is -2.37. The summed E-state index contributed by atoms with van der Waals surface area (Å²) in [6, 6.07) is 12.1. The Balaban J connectivity index is 1.61. The number of nitrogens with one attached hydrogen (secondary N) is 3. The summed E-state index contributed by atoms with van der Waals surface area (Å²) >= 11 is 0. The van der Waals surface area contributed by atoms with Gasteiger partial charge in [0, 0.05) is 32.1 Å². The SMILES string of the molecule is CC(=O)Nc1ccc(S(=O)(=O)NCC2C=C(C)C(CC(=O)NCc3ccc(F)cc3)CC2C(C)C)cc1. The van der Waals surface area contributed by atoms with Crippen molar-refractivity contribution in [2.75, 3.05) is 11.9 Å². The minimum atomic E-state index is -3.72. The lowest BCUT2D eigenvalue weighted by Crippen LogP contribution is -2.37. The van der Waals surface area contributed by atoms with E-state index in [0.29, 0.717) is 24.6 Å². The smallest absolute Gasteiger partial charge is 0.240 e. The van der Waals surface area contributed by atoms with Crippen molar-refractivity contribution in [2.45, 2.75) is 52.0 Å². The molecular formula is C28H36FN3O4S.